The van der Waals surface area contributed by atoms with Gasteiger partial charge >= 0.3 is 6.36 Å². The zero-order valence-electron chi connectivity index (χ0n) is 22.4. The van der Waals surface area contributed by atoms with Crippen LogP contribution in [0.4, 0.5) is 30.6 Å². The molecule has 0 bridgehead atoms. The third-order valence-corrected chi connectivity index (χ3v) is 9.09. The van der Waals surface area contributed by atoms with Gasteiger partial charge in [0.2, 0.25) is 16.0 Å². The van der Waals surface area contributed by atoms with Crippen LogP contribution in [0.3, 0.4) is 0 Å². The molecule has 0 atom stereocenters. The molecule has 3 aromatic carbocycles. The smallest absolute Gasteiger partial charge is 0.404 e. The van der Waals surface area contributed by atoms with E-state index in [4.69, 9.17) is 4.98 Å². The number of sulfonamides is 1. The van der Waals surface area contributed by atoms with E-state index in [9.17, 15) is 21.6 Å². The van der Waals surface area contributed by atoms with E-state index in [1.807, 2.05) is 54.6 Å². The summed E-state index contributed by atoms with van der Waals surface area (Å²) in [5, 5.41) is 7.66. The molecule has 1 heterocycles. The maximum absolute atomic E-state index is 12.8. The lowest BCUT2D eigenvalue weighted by atomic mass is 9.82. The number of rotatable bonds is 10. The van der Waals surface area contributed by atoms with Gasteiger partial charge in [-0.05, 0) is 80.0 Å². The molecule has 0 amide bonds. The highest BCUT2D eigenvalue weighted by Crippen LogP contribution is 2.33. The maximum atomic E-state index is 12.8. The molecule has 0 radical (unpaired) electrons. The normalized spacial score (nSPS) is 17.6. The molecule has 1 saturated carbocycles. The zero-order chi connectivity index (χ0) is 29.7. The largest absolute Gasteiger partial charge is 0.573 e. The Morgan fingerprint density at radius 3 is 2.26 bits per heavy atom. The van der Waals surface area contributed by atoms with Crippen LogP contribution in [-0.4, -0.2) is 37.8 Å². The van der Waals surface area contributed by atoms with Gasteiger partial charge in [0.1, 0.15) is 10.7 Å². The predicted octanol–water partition coefficient (Wildman–Crippen LogP) is 7.23. The highest BCUT2D eigenvalue weighted by atomic mass is 79.9. The summed E-state index contributed by atoms with van der Waals surface area (Å²) in [5.41, 5.74) is 1.74. The minimum atomic E-state index is -5.02. The monoisotopic (exact) mass is 663 g/mol. The average Bonchev–Trinajstić information content (AvgIpc) is 2.95. The number of nitrogens with one attached hydrogen (secondary N) is 3. The number of ether oxygens (including phenoxy) is 1. The van der Waals surface area contributed by atoms with Gasteiger partial charge < -0.3 is 15.4 Å². The second kappa shape index (κ2) is 12.8. The van der Waals surface area contributed by atoms with Crippen LogP contribution in [0.5, 0.6) is 5.75 Å². The Labute approximate surface area is 250 Å². The molecule has 0 spiro atoms. The van der Waals surface area contributed by atoms with Crippen molar-refractivity contribution in [2.75, 3.05) is 23.7 Å². The van der Waals surface area contributed by atoms with Crippen LogP contribution < -0.4 is 20.1 Å². The van der Waals surface area contributed by atoms with Gasteiger partial charge in [0.25, 0.3) is 0 Å². The van der Waals surface area contributed by atoms with Crippen molar-refractivity contribution in [3.05, 3.63) is 77.3 Å². The summed E-state index contributed by atoms with van der Waals surface area (Å²) < 4.78 is 70.9. The first-order valence-electron chi connectivity index (χ1n) is 13.4. The number of halogens is 4. The van der Waals surface area contributed by atoms with Crippen LogP contribution in [0.25, 0.3) is 10.9 Å². The number of fused-ring (bicyclic) bond motifs is 1. The molecule has 5 rings (SSSR count). The van der Waals surface area contributed by atoms with Gasteiger partial charge in [-0.3, -0.25) is 0 Å². The number of hydrogen-bond donors (Lipinski definition) is 3. The molecule has 4 aromatic rings. The molecule has 0 aliphatic heterocycles. The number of hydrogen-bond acceptors (Lipinski definition) is 7. The second-order valence-corrected chi connectivity index (χ2v) is 12.8. The molecule has 13 heteroatoms. The fourth-order valence-corrected chi connectivity index (χ4v) is 6.56. The van der Waals surface area contributed by atoms with Crippen molar-refractivity contribution in [1.82, 2.24) is 14.7 Å². The van der Waals surface area contributed by atoms with E-state index in [1.54, 1.807) is 0 Å². The zero-order valence-corrected chi connectivity index (χ0v) is 24.8. The first-order chi connectivity index (χ1) is 20.1. The van der Waals surface area contributed by atoms with E-state index in [2.05, 4.69) is 41.0 Å². The number of alkyl halides is 3. The summed E-state index contributed by atoms with van der Waals surface area (Å²) in [6.07, 6.45) is -1.73. The van der Waals surface area contributed by atoms with Crippen LogP contribution in [-0.2, 0) is 10.0 Å². The van der Waals surface area contributed by atoms with Crippen molar-refractivity contribution in [1.29, 1.82) is 0 Å². The van der Waals surface area contributed by atoms with Crippen molar-refractivity contribution in [3.63, 3.8) is 0 Å². The van der Waals surface area contributed by atoms with E-state index >= 15 is 0 Å². The third kappa shape index (κ3) is 7.90. The number of nitrogens with zero attached hydrogens (tertiary/aromatic N) is 2. The average molecular weight is 665 g/mol. The lowest BCUT2D eigenvalue weighted by Crippen LogP contribution is -2.33. The van der Waals surface area contributed by atoms with E-state index in [0.29, 0.717) is 24.2 Å². The molecule has 0 saturated heterocycles. The molecule has 3 N–H and O–H groups in total. The van der Waals surface area contributed by atoms with Gasteiger partial charge in [-0.15, -0.1) is 13.2 Å². The van der Waals surface area contributed by atoms with Crippen molar-refractivity contribution >= 4 is 54.3 Å². The van der Waals surface area contributed by atoms with Gasteiger partial charge in [-0.2, -0.15) is 4.98 Å². The molecule has 222 valence electrons. The molecule has 42 heavy (non-hydrogen) atoms. The highest BCUT2D eigenvalue weighted by molar-refractivity contribution is 9.10. The summed E-state index contributed by atoms with van der Waals surface area (Å²) in [5.74, 6) is 0.860. The van der Waals surface area contributed by atoms with Crippen LogP contribution in [0.15, 0.2) is 82.2 Å². The summed E-state index contributed by atoms with van der Waals surface area (Å²) in [6.45, 7) is 0.797. The Bertz CT molecular complexity index is 1630. The van der Waals surface area contributed by atoms with Gasteiger partial charge in [-0.25, -0.2) is 18.1 Å². The fourth-order valence-electron chi connectivity index (χ4n) is 5.00. The van der Waals surface area contributed by atoms with E-state index in [1.165, 1.54) is 6.07 Å². The minimum Gasteiger partial charge on any atom is -0.404 e. The molecule has 8 nitrogen and oxygen atoms in total. The maximum Gasteiger partial charge on any atom is 0.573 e. The Hall–Kier alpha value is -3.42. The quantitative estimate of drug-likeness (QED) is 0.164. The van der Waals surface area contributed by atoms with E-state index in [0.717, 1.165) is 54.4 Å². The lowest BCUT2D eigenvalue weighted by Gasteiger charge is -2.28. The first-order valence-corrected chi connectivity index (χ1v) is 15.7. The highest BCUT2D eigenvalue weighted by Gasteiger charge is 2.34. The Morgan fingerprint density at radius 2 is 1.55 bits per heavy atom. The first kappa shape index (κ1) is 30.1. The molecular formula is C29H29BrF3N5O3S. The molecule has 1 fully saturated rings. The van der Waals surface area contributed by atoms with Crippen molar-refractivity contribution in [2.24, 2.45) is 11.8 Å². The SMILES string of the molecule is O=S(=O)(NCC1CCC(CNc2nc(Nc3ccccc3)c3ccccc3n2)CC1)c1ccc(Br)cc1OC(F)(F)F. The molecular weight excluding hydrogens is 635 g/mol. The molecule has 1 aromatic heterocycles. The summed E-state index contributed by atoms with van der Waals surface area (Å²) in [4.78, 5) is 8.84. The second-order valence-electron chi connectivity index (χ2n) is 10.2. The standard InChI is InChI=1S/C29H29BrF3N5O3S/c30-21-14-15-26(25(16-21)41-29(31,32)33)42(39,40)35-18-20-12-10-19(11-13-20)17-34-28-37-24-9-5-4-8-23(24)27(38-28)36-22-6-2-1-3-7-22/h1-9,14-16,19-20,35H,10-13,17-18H2,(H2,34,36,37,38). The van der Waals surface area contributed by atoms with Crippen LogP contribution >= 0.6 is 15.9 Å². The van der Waals surface area contributed by atoms with Gasteiger partial charge in [0.15, 0.2) is 5.75 Å². The number of benzene rings is 3. The molecule has 0 unspecified atom stereocenters. The summed E-state index contributed by atoms with van der Waals surface area (Å²) in [7, 11) is -4.21. The molecule has 1 aliphatic rings. The Morgan fingerprint density at radius 1 is 0.881 bits per heavy atom. The Kier molecular flexibility index (Phi) is 9.19. The third-order valence-electron chi connectivity index (χ3n) is 7.14. The van der Waals surface area contributed by atoms with Crippen molar-refractivity contribution in [3.8, 4) is 5.75 Å². The molecule has 1 aliphatic carbocycles. The van der Waals surface area contributed by atoms with E-state index in [-0.39, 0.29) is 16.9 Å². The summed E-state index contributed by atoms with van der Waals surface area (Å²) in [6, 6.07) is 21.0. The minimum absolute atomic E-state index is 0.0667. The summed E-state index contributed by atoms with van der Waals surface area (Å²) >= 11 is 3.05. The van der Waals surface area contributed by atoms with Crippen molar-refractivity contribution in [2.45, 2.75) is 36.9 Å². The van der Waals surface area contributed by atoms with Crippen LogP contribution in [0, 0.1) is 11.8 Å². The number of para-hydroxylation sites is 2. The van der Waals surface area contributed by atoms with E-state index < -0.39 is 27.0 Å². The number of aromatic nitrogens is 2. The van der Waals surface area contributed by atoms with Crippen molar-refractivity contribution < 1.29 is 26.3 Å². The topological polar surface area (TPSA) is 105 Å². The Balaban J connectivity index is 1.16. The van der Waals surface area contributed by atoms with Gasteiger partial charge in [0.05, 0.1) is 5.52 Å². The van der Waals surface area contributed by atoms with Crippen LogP contribution in [0.1, 0.15) is 25.7 Å². The van der Waals surface area contributed by atoms with Gasteiger partial charge in [0, 0.05) is 28.6 Å². The van der Waals surface area contributed by atoms with Crippen LogP contribution in [0.2, 0.25) is 0 Å². The fraction of sp³-hybridized carbons (Fsp3) is 0.310. The predicted molar refractivity (Wildman–Crippen MR) is 159 cm³/mol. The van der Waals surface area contributed by atoms with Gasteiger partial charge in [-0.1, -0.05) is 46.3 Å². The number of anilines is 3. The lowest BCUT2D eigenvalue weighted by molar-refractivity contribution is -0.275.